The van der Waals surface area contributed by atoms with Gasteiger partial charge in [0, 0.05) is 17.8 Å². The second-order valence-corrected chi connectivity index (χ2v) is 7.95. The summed E-state index contributed by atoms with van der Waals surface area (Å²) in [6.07, 6.45) is -1.08. The number of hydrogen-bond acceptors (Lipinski definition) is 9. The van der Waals surface area contributed by atoms with Crippen LogP contribution in [0.15, 0.2) is 45.6 Å². The van der Waals surface area contributed by atoms with E-state index in [1.54, 1.807) is 43.3 Å². The average Bonchev–Trinajstić information content (AvgIpc) is 3.47. The van der Waals surface area contributed by atoms with Gasteiger partial charge in [-0.15, -0.1) is 0 Å². The fourth-order valence-corrected chi connectivity index (χ4v) is 4.34. The molecule has 2 aromatic carbocycles. The quantitative estimate of drug-likeness (QED) is 0.567. The SMILES string of the molecule is COc1cc([C@@H]2c3c(cc(C)oc3=O)O[C@H]2C(=O)Nc2ccc3c(c2)OCO3)cc(OC)c1OC. The topological polar surface area (TPSA) is 115 Å². The van der Waals surface area contributed by atoms with Gasteiger partial charge in [0.2, 0.25) is 12.5 Å². The maximum absolute atomic E-state index is 13.5. The van der Waals surface area contributed by atoms with Crippen molar-refractivity contribution in [1.82, 2.24) is 0 Å². The number of ether oxygens (including phenoxy) is 6. The molecule has 2 atom stereocenters. The molecule has 0 radical (unpaired) electrons. The van der Waals surface area contributed by atoms with Crippen LogP contribution in [0.25, 0.3) is 0 Å². The summed E-state index contributed by atoms with van der Waals surface area (Å²) in [5.74, 6) is 1.64. The second kappa shape index (κ2) is 8.79. The van der Waals surface area contributed by atoms with Crippen molar-refractivity contribution in [2.45, 2.75) is 18.9 Å². The van der Waals surface area contributed by atoms with E-state index in [1.807, 2.05) is 0 Å². The number of carbonyl (C=O) groups excluding carboxylic acids is 1. The Morgan fingerprint density at radius 2 is 1.66 bits per heavy atom. The van der Waals surface area contributed by atoms with E-state index in [2.05, 4.69) is 5.32 Å². The first kappa shape index (κ1) is 22.5. The second-order valence-electron chi connectivity index (χ2n) is 7.95. The molecule has 3 heterocycles. The van der Waals surface area contributed by atoms with E-state index in [4.69, 9.17) is 32.8 Å². The molecule has 0 bridgehead atoms. The zero-order valence-corrected chi connectivity index (χ0v) is 19.5. The van der Waals surface area contributed by atoms with Crippen LogP contribution in [0.1, 0.15) is 22.8 Å². The molecule has 182 valence electrons. The minimum absolute atomic E-state index is 0.117. The normalized spacial score (nSPS) is 17.4. The van der Waals surface area contributed by atoms with Crippen LogP contribution in [-0.4, -0.2) is 40.1 Å². The molecule has 2 aliphatic rings. The highest BCUT2D eigenvalue weighted by Crippen LogP contribution is 2.46. The molecule has 10 nitrogen and oxygen atoms in total. The van der Waals surface area contributed by atoms with Gasteiger partial charge in [0.05, 0.1) is 32.8 Å². The largest absolute Gasteiger partial charge is 0.493 e. The maximum atomic E-state index is 13.5. The van der Waals surface area contributed by atoms with E-state index in [9.17, 15) is 9.59 Å². The van der Waals surface area contributed by atoms with Gasteiger partial charge in [0.25, 0.3) is 5.91 Å². The number of carbonyl (C=O) groups is 1. The number of nitrogens with one attached hydrogen (secondary N) is 1. The van der Waals surface area contributed by atoms with Crippen LogP contribution in [0.5, 0.6) is 34.5 Å². The first-order chi connectivity index (χ1) is 16.9. The number of fused-ring (bicyclic) bond motifs is 2. The van der Waals surface area contributed by atoms with Gasteiger partial charge in [-0.1, -0.05) is 0 Å². The van der Waals surface area contributed by atoms with Gasteiger partial charge in [-0.25, -0.2) is 4.79 Å². The molecule has 5 rings (SSSR count). The fraction of sp³-hybridized carbons (Fsp3) is 0.280. The Morgan fingerprint density at radius 3 is 2.34 bits per heavy atom. The predicted molar refractivity (Wildman–Crippen MR) is 123 cm³/mol. The summed E-state index contributed by atoms with van der Waals surface area (Å²) in [5, 5.41) is 2.84. The minimum atomic E-state index is -1.08. The summed E-state index contributed by atoms with van der Waals surface area (Å²) in [5.41, 5.74) is 0.693. The van der Waals surface area contributed by atoms with Crippen LogP contribution >= 0.6 is 0 Å². The lowest BCUT2D eigenvalue weighted by Gasteiger charge is -2.21. The highest BCUT2D eigenvalue weighted by Gasteiger charge is 2.44. The summed E-state index contributed by atoms with van der Waals surface area (Å²) in [6.45, 7) is 1.76. The van der Waals surface area contributed by atoms with Crippen LogP contribution in [0, 0.1) is 6.92 Å². The molecule has 10 heteroatoms. The monoisotopic (exact) mass is 481 g/mol. The summed E-state index contributed by atoms with van der Waals surface area (Å²) in [7, 11) is 4.47. The van der Waals surface area contributed by atoms with Gasteiger partial charge in [0.1, 0.15) is 11.5 Å². The first-order valence-corrected chi connectivity index (χ1v) is 10.7. The standard InChI is InChI=1S/C25H23NO9/c1-12-7-17-21(25(28)34-12)20(13-8-18(29-2)22(31-4)19(9-13)30-3)23(35-17)24(27)26-14-5-6-15-16(10-14)33-11-32-15/h5-10,20,23H,11H2,1-4H3,(H,26,27)/t20-,23-/m1/s1. The molecular weight excluding hydrogens is 458 g/mol. The van der Waals surface area contributed by atoms with Crippen molar-refractivity contribution in [3.63, 3.8) is 0 Å². The molecule has 0 aliphatic carbocycles. The Balaban J connectivity index is 1.58. The summed E-state index contributed by atoms with van der Waals surface area (Å²) in [4.78, 5) is 26.4. The van der Waals surface area contributed by atoms with Gasteiger partial charge in [0.15, 0.2) is 29.1 Å². The van der Waals surface area contributed by atoms with Crippen LogP contribution < -0.4 is 39.4 Å². The highest BCUT2D eigenvalue weighted by atomic mass is 16.7. The number of hydrogen-bond donors (Lipinski definition) is 1. The highest BCUT2D eigenvalue weighted by molar-refractivity contribution is 5.96. The van der Waals surface area contributed by atoms with E-state index in [-0.39, 0.29) is 18.1 Å². The third kappa shape index (κ3) is 3.86. The zero-order valence-electron chi connectivity index (χ0n) is 19.5. The predicted octanol–water partition coefficient (Wildman–Crippen LogP) is 3.23. The Kier molecular flexibility index (Phi) is 5.64. The molecule has 3 aromatic rings. The average molecular weight is 481 g/mol. The van der Waals surface area contributed by atoms with Gasteiger partial charge in [-0.2, -0.15) is 0 Å². The van der Waals surface area contributed by atoms with E-state index < -0.39 is 23.6 Å². The minimum Gasteiger partial charge on any atom is -0.493 e. The summed E-state index contributed by atoms with van der Waals surface area (Å²) < 4.78 is 38.4. The molecule has 2 aliphatic heterocycles. The number of aryl methyl sites for hydroxylation is 1. The molecule has 0 unspecified atom stereocenters. The maximum Gasteiger partial charge on any atom is 0.343 e. The van der Waals surface area contributed by atoms with E-state index in [0.29, 0.717) is 45.8 Å². The van der Waals surface area contributed by atoms with Crippen molar-refractivity contribution in [3.05, 3.63) is 63.7 Å². The molecule has 0 saturated carbocycles. The third-order valence-corrected chi connectivity index (χ3v) is 5.89. The number of methoxy groups -OCH3 is 3. The van der Waals surface area contributed by atoms with E-state index in [1.165, 1.54) is 21.3 Å². The van der Waals surface area contributed by atoms with Crippen molar-refractivity contribution in [2.24, 2.45) is 0 Å². The molecule has 1 N–H and O–H groups in total. The third-order valence-electron chi connectivity index (χ3n) is 5.89. The molecule has 0 fully saturated rings. The van der Waals surface area contributed by atoms with Crippen LogP contribution in [-0.2, 0) is 4.79 Å². The number of anilines is 1. The smallest absolute Gasteiger partial charge is 0.343 e. The molecule has 1 amide bonds. The lowest BCUT2D eigenvalue weighted by molar-refractivity contribution is -0.122. The number of rotatable bonds is 6. The van der Waals surface area contributed by atoms with Gasteiger partial charge < -0.3 is 38.2 Å². The Bertz CT molecular complexity index is 1340. The lowest BCUT2D eigenvalue weighted by atomic mass is 9.88. The Morgan fingerprint density at radius 1 is 0.943 bits per heavy atom. The Hall–Kier alpha value is -4.34. The molecule has 1 aromatic heterocycles. The first-order valence-electron chi connectivity index (χ1n) is 10.7. The van der Waals surface area contributed by atoms with Crippen LogP contribution in [0.3, 0.4) is 0 Å². The van der Waals surface area contributed by atoms with E-state index >= 15 is 0 Å². The molecule has 0 spiro atoms. The molecule has 35 heavy (non-hydrogen) atoms. The van der Waals surface area contributed by atoms with Crippen LogP contribution in [0.2, 0.25) is 0 Å². The fourth-order valence-electron chi connectivity index (χ4n) is 4.34. The molecular formula is C25H23NO9. The van der Waals surface area contributed by atoms with Gasteiger partial charge in [-0.05, 0) is 36.8 Å². The van der Waals surface area contributed by atoms with Crippen molar-refractivity contribution in [3.8, 4) is 34.5 Å². The zero-order chi connectivity index (χ0) is 24.7. The summed E-state index contributed by atoms with van der Waals surface area (Å²) >= 11 is 0. The number of benzene rings is 2. The summed E-state index contributed by atoms with van der Waals surface area (Å²) in [6, 6.07) is 10.0. The van der Waals surface area contributed by atoms with Crippen molar-refractivity contribution in [1.29, 1.82) is 0 Å². The Labute approximate surface area is 200 Å². The lowest BCUT2D eigenvalue weighted by Crippen LogP contribution is -2.35. The van der Waals surface area contributed by atoms with E-state index in [0.717, 1.165) is 0 Å². The van der Waals surface area contributed by atoms with Crippen molar-refractivity contribution in [2.75, 3.05) is 33.4 Å². The van der Waals surface area contributed by atoms with Gasteiger partial charge in [-0.3, -0.25) is 4.79 Å². The molecule has 0 saturated heterocycles. The van der Waals surface area contributed by atoms with Gasteiger partial charge >= 0.3 is 5.63 Å². The number of amides is 1. The van der Waals surface area contributed by atoms with Crippen molar-refractivity contribution < 1.29 is 37.6 Å². The van der Waals surface area contributed by atoms with Crippen molar-refractivity contribution >= 4 is 11.6 Å². The van der Waals surface area contributed by atoms with Crippen LogP contribution in [0.4, 0.5) is 5.69 Å².